The molecule has 4 heteroatoms. The van der Waals surface area contributed by atoms with Crippen molar-refractivity contribution >= 4 is 5.91 Å². The highest BCUT2D eigenvalue weighted by molar-refractivity contribution is 5.78. The first-order chi connectivity index (χ1) is 12.6. The van der Waals surface area contributed by atoms with E-state index < -0.39 is 0 Å². The molecule has 0 saturated carbocycles. The number of amides is 1. The van der Waals surface area contributed by atoms with Crippen LogP contribution in [0.2, 0.25) is 0 Å². The fraction of sp³-hybridized carbons (Fsp3) is 0.682. The molecule has 0 radical (unpaired) electrons. The zero-order valence-corrected chi connectivity index (χ0v) is 16.6. The lowest BCUT2D eigenvalue weighted by atomic mass is 10.0. The molecule has 2 saturated heterocycles. The first-order valence-corrected chi connectivity index (χ1v) is 10.4. The second-order valence-electron chi connectivity index (χ2n) is 8.12. The maximum atomic E-state index is 12.6. The van der Waals surface area contributed by atoms with Crippen LogP contribution in [0.3, 0.4) is 0 Å². The van der Waals surface area contributed by atoms with Gasteiger partial charge in [-0.3, -0.25) is 14.6 Å². The van der Waals surface area contributed by atoms with Gasteiger partial charge in [0.1, 0.15) is 0 Å². The third-order valence-electron chi connectivity index (χ3n) is 6.21. The van der Waals surface area contributed by atoms with Crippen molar-refractivity contribution in [3.8, 4) is 0 Å². The van der Waals surface area contributed by atoms with Crippen molar-refractivity contribution in [1.82, 2.24) is 14.7 Å². The van der Waals surface area contributed by atoms with Gasteiger partial charge in [0.25, 0.3) is 0 Å². The molecule has 2 unspecified atom stereocenters. The van der Waals surface area contributed by atoms with Crippen molar-refractivity contribution in [1.29, 1.82) is 0 Å². The van der Waals surface area contributed by atoms with Crippen LogP contribution in [0.1, 0.15) is 45.1 Å². The van der Waals surface area contributed by atoms with Crippen molar-refractivity contribution in [3.63, 3.8) is 0 Å². The predicted molar refractivity (Wildman–Crippen MR) is 107 cm³/mol. The Morgan fingerprint density at radius 2 is 1.81 bits per heavy atom. The normalized spacial score (nSPS) is 23.8. The van der Waals surface area contributed by atoms with Crippen LogP contribution >= 0.6 is 0 Å². The van der Waals surface area contributed by atoms with Gasteiger partial charge in [0, 0.05) is 44.8 Å². The molecule has 1 amide bonds. The predicted octanol–water partition coefficient (Wildman–Crippen LogP) is 3.03. The fourth-order valence-corrected chi connectivity index (χ4v) is 4.32. The lowest BCUT2D eigenvalue weighted by Gasteiger charge is -2.40. The molecule has 2 atom stereocenters. The van der Waals surface area contributed by atoms with Gasteiger partial charge in [0.15, 0.2) is 0 Å². The summed E-state index contributed by atoms with van der Waals surface area (Å²) in [7, 11) is 0. The Morgan fingerprint density at radius 1 is 1.08 bits per heavy atom. The molecule has 0 N–H and O–H groups in total. The number of piperazine rings is 1. The lowest BCUT2D eigenvalue weighted by molar-refractivity contribution is -0.136. The van der Waals surface area contributed by atoms with E-state index in [-0.39, 0.29) is 0 Å². The molecule has 3 rings (SSSR count). The Balaban J connectivity index is 1.38. The Morgan fingerprint density at radius 3 is 2.50 bits per heavy atom. The molecule has 144 valence electrons. The minimum atomic E-state index is 0.336. The van der Waals surface area contributed by atoms with Crippen molar-refractivity contribution in [3.05, 3.63) is 35.9 Å². The number of piperidine rings is 1. The number of hydrogen-bond acceptors (Lipinski definition) is 3. The number of rotatable bonds is 6. The summed E-state index contributed by atoms with van der Waals surface area (Å²) in [6.07, 6.45) is 5.95. The summed E-state index contributed by atoms with van der Waals surface area (Å²) in [5, 5.41) is 0. The average molecular weight is 358 g/mol. The highest BCUT2D eigenvalue weighted by atomic mass is 16.2. The van der Waals surface area contributed by atoms with E-state index in [2.05, 4.69) is 58.9 Å². The van der Waals surface area contributed by atoms with Crippen LogP contribution in [0.4, 0.5) is 0 Å². The Labute approximate surface area is 159 Å². The SMILES string of the molecule is CC(CCc1ccccc1)N1CCN(CC(=O)N2CCCCC2C)CC1. The highest BCUT2D eigenvalue weighted by Gasteiger charge is 2.27. The molecule has 2 fully saturated rings. The van der Waals surface area contributed by atoms with Crippen LogP contribution in [0, 0.1) is 0 Å². The molecular weight excluding hydrogens is 322 g/mol. The van der Waals surface area contributed by atoms with E-state index in [0.717, 1.165) is 39.1 Å². The zero-order valence-electron chi connectivity index (χ0n) is 16.6. The third kappa shape index (κ3) is 5.31. The maximum Gasteiger partial charge on any atom is 0.236 e. The van der Waals surface area contributed by atoms with Gasteiger partial charge in [-0.25, -0.2) is 0 Å². The van der Waals surface area contributed by atoms with Gasteiger partial charge < -0.3 is 4.90 Å². The minimum Gasteiger partial charge on any atom is -0.339 e. The number of carbonyl (C=O) groups is 1. The van der Waals surface area contributed by atoms with Crippen molar-refractivity contribution in [2.45, 2.75) is 58.0 Å². The van der Waals surface area contributed by atoms with Gasteiger partial charge >= 0.3 is 0 Å². The van der Waals surface area contributed by atoms with Crippen LogP contribution < -0.4 is 0 Å². The molecule has 26 heavy (non-hydrogen) atoms. The second-order valence-corrected chi connectivity index (χ2v) is 8.12. The topological polar surface area (TPSA) is 26.8 Å². The maximum absolute atomic E-state index is 12.6. The lowest BCUT2D eigenvalue weighted by Crippen LogP contribution is -2.53. The smallest absolute Gasteiger partial charge is 0.236 e. The number of likely N-dealkylation sites (tertiary alicyclic amines) is 1. The molecule has 1 aromatic carbocycles. The number of aryl methyl sites for hydroxylation is 1. The number of benzene rings is 1. The van der Waals surface area contributed by atoms with E-state index in [1.165, 1.54) is 31.2 Å². The highest BCUT2D eigenvalue weighted by Crippen LogP contribution is 2.17. The quantitative estimate of drug-likeness (QED) is 0.783. The van der Waals surface area contributed by atoms with E-state index in [0.29, 0.717) is 24.5 Å². The molecule has 1 aromatic rings. The van der Waals surface area contributed by atoms with Gasteiger partial charge in [0.2, 0.25) is 5.91 Å². The van der Waals surface area contributed by atoms with Crippen LogP contribution in [0.25, 0.3) is 0 Å². The van der Waals surface area contributed by atoms with Gasteiger partial charge in [-0.2, -0.15) is 0 Å². The van der Waals surface area contributed by atoms with E-state index >= 15 is 0 Å². The molecule has 0 spiro atoms. The summed E-state index contributed by atoms with van der Waals surface area (Å²) in [6.45, 7) is 10.3. The molecule has 2 heterocycles. The van der Waals surface area contributed by atoms with Crippen LogP contribution in [-0.4, -0.2) is 72.0 Å². The molecular formula is C22H35N3O. The number of carbonyl (C=O) groups excluding carboxylic acids is 1. The van der Waals surface area contributed by atoms with Crippen LogP contribution in [-0.2, 0) is 11.2 Å². The Kier molecular flexibility index (Phi) is 7.09. The molecule has 0 aromatic heterocycles. The standard InChI is InChI=1S/C22H35N3O/c1-19(11-12-21-9-4-3-5-10-21)24-16-14-23(15-17-24)18-22(26)25-13-7-6-8-20(25)2/h3-5,9-10,19-20H,6-8,11-18H2,1-2H3. The largest absolute Gasteiger partial charge is 0.339 e. The molecule has 4 nitrogen and oxygen atoms in total. The van der Waals surface area contributed by atoms with E-state index in [1.54, 1.807) is 0 Å². The summed E-state index contributed by atoms with van der Waals surface area (Å²) in [4.78, 5) is 19.7. The van der Waals surface area contributed by atoms with Crippen molar-refractivity contribution < 1.29 is 4.79 Å². The van der Waals surface area contributed by atoms with E-state index in [1.807, 2.05) is 0 Å². The number of hydrogen-bond donors (Lipinski definition) is 0. The fourth-order valence-electron chi connectivity index (χ4n) is 4.32. The average Bonchev–Trinajstić information content (AvgIpc) is 2.68. The van der Waals surface area contributed by atoms with Crippen LogP contribution in [0.5, 0.6) is 0 Å². The minimum absolute atomic E-state index is 0.336. The van der Waals surface area contributed by atoms with Gasteiger partial charge in [-0.05, 0) is 51.5 Å². The summed E-state index contributed by atoms with van der Waals surface area (Å²) in [5.74, 6) is 0.336. The van der Waals surface area contributed by atoms with Crippen LogP contribution in [0.15, 0.2) is 30.3 Å². The molecule has 2 aliphatic rings. The van der Waals surface area contributed by atoms with Crippen molar-refractivity contribution in [2.75, 3.05) is 39.3 Å². The monoisotopic (exact) mass is 357 g/mol. The summed E-state index contributed by atoms with van der Waals surface area (Å²) in [6, 6.07) is 11.8. The van der Waals surface area contributed by atoms with Gasteiger partial charge in [-0.1, -0.05) is 30.3 Å². The Hall–Kier alpha value is -1.39. The van der Waals surface area contributed by atoms with E-state index in [9.17, 15) is 4.79 Å². The third-order valence-corrected chi connectivity index (χ3v) is 6.21. The van der Waals surface area contributed by atoms with Gasteiger partial charge in [-0.15, -0.1) is 0 Å². The second kappa shape index (κ2) is 9.52. The molecule has 0 aliphatic carbocycles. The summed E-state index contributed by atoms with van der Waals surface area (Å²) < 4.78 is 0. The Bertz CT molecular complexity index is 554. The number of nitrogens with zero attached hydrogens (tertiary/aromatic N) is 3. The first kappa shape index (κ1) is 19.4. The summed E-state index contributed by atoms with van der Waals surface area (Å²) in [5.41, 5.74) is 1.43. The summed E-state index contributed by atoms with van der Waals surface area (Å²) >= 11 is 0. The zero-order chi connectivity index (χ0) is 18.4. The molecule has 0 bridgehead atoms. The van der Waals surface area contributed by atoms with Gasteiger partial charge in [0.05, 0.1) is 6.54 Å². The first-order valence-electron chi connectivity index (χ1n) is 10.4. The molecule has 2 aliphatic heterocycles. The van der Waals surface area contributed by atoms with E-state index in [4.69, 9.17) is 0 Å². The van der Waals surface area contributed by atoms with Crippen molar-refractivity contribution in [2.24, 2.45) is 0 Å².